The lowest BCUT2D eigenvalue weighted by atomic mass is 10.1. The Labute approximate surface area is 112 Å². The van der Waals surface area contributed by atoms with E-state index >= 15 is 0 Å². The molecule has 3 atom stereocenters. The predicted molar refractivity (Wildman–Crippen MR) is 67.8 cm³/mol. The smallest absolute Gasteiger partial charge is 0.338 e. The summed E-state index contributed by atoms with van der Waals surface area (Å²) in [6.07, 6.45) is -1.23. The quantitative estimate of drug-likeness (QED) is 0.831. The summed E-state index contributed by atoms with van der Waals surface area (Å²) in [4.78, 5) is 11.8. The Morgan fingerprint density at radius 2 is 2.11 bits per heavy atom. The van der Waals surface area contributed by atoms with Crippen LogP contribution in [0.2, 0.25) is 0 Å². The molecule has 0 unspecified atom stereocenters. The third kappa shape index (κ3) is 3.53. The number of esters is 1. The molecule has 2 rings (SSSR count). The first-order valence-electron chi connectivity index (χ1n) is 6.20. The maximum atomic E-state index is 11.8. The molecule has 0 spiro atoms. The van der Waals surface area contributed by atoms with Crippen molar-refractivity contribution >= 4 is 5.97 Å². The number of methoxy groups -OCH3 is 1. The van der Waals surface area contributed by atoms with Gasteiger partial charge in [0.2, 0.25) is 0 Å². The fraction of sp³-hybridized carbons (Fsp3) is 0.500. The van der Waals surface area contributed by atoms with Gasteiger partial charge < -0.3 is 19.3 Å². The SMILES string of the molecule is CO[C@@H]1O[C@H](COC(=O)c2ccc(C)cc2)C[C@H]1O. The maximum Gasteiger partial charge on any atom is 0.338 e. The van der Waals surface area contributed by atoms with Crippen molar-refractivity contribution in [2.75, 3.05) is 13.7 Å². The van der Waals surface area contributed by atoms with Gasteiger partial charge in [0.1, 0.15) is 12.7 Å². The first kappa shape index (κ1) is 14.0. The van der Waals surface area contributed by atoms with E-state index in [1.807, 2.05) is 19.1 Å². The van der Waals surface area contributed by atoms with Crippen LogP contribution in [-0.2, 0) is 14.2 Å². The van der Waals surface area contributed by atoms with Gasteiger partial charge in [-0.1, -0.05) is 17.7 Å². The molecule has 0 saturated carbocycles. The molecule has 1 aromatic rings. The molecule has 1 fully saturated rings. The number of hydrogen-bond donors (Lipinski definition) is 1. The van der Waals surface area contributed by atoms with Crippen LogP contribution in [0.5, 0.6) is 0 Å². The van der Waals surface area contributed by atoms with Gasteiger partial charge in [0.05, 0.1) is 11.7 Å². The lowest BCUT2D eigenvalue weighted by molar-refractivity contribution is -0.153. The average molecular weight is 266 g/mol. The van der Waals surface area contributed by atoms with E-state index in [1.165, 1.54) is 7.11 Å². The molecule has 0 amide bonds. The predicted octanol–water partition coefficient (Wildman–Crippen LogP) is 1.27. The number of benzene rings is 1. The van der Waals surface area contributed by atoms with E-state index in [0.29, 0.717) is 12.0 Å². The summed E-state index contributed by atoms with van der Waals surface area (Å²) in [6, 6.07) is 7.15. The van der Waals surface area contributed by atoms with E-state index in [-0.39, 0.29) is 18.7 Å². The third-order valence-electron chi connectivity index (χ3n) is 3.07. The molecule has 1 N–H and O–H groups in total. The Hall–Kier alpha value is -1.43. The molecule has 1 saturated heterocycles. The lowest BCUT2D eigenvalue weighted by Crippen LogP contribution is -2.22. The number of rotatable bonds is 4. The van der Waals surface area contributed by atoms with Gasteiger partial charge in [-0.15, -0.1) is 0 Å². The van der Waals surface area contributed by atoms with Crippen molar-refractivity contribution in [1.82, 2.24) is 0 Å². The number of carbonyl (C=O) groups excluding carboxylic acids is 1. The Morgan fingerprint density at radius 3 is 2.68 bits per heavy atom. The summed E-state index contributed by atoms with van der Waals surface area (Å²) >= 11 is 0. The molecule has 1 aromatic carbocycles. The molecule has 0 aromatic heterocycles. The molecule has 19 heavy (non-hydrogen) atoms. The van der Waals surface area contributed by atoms with Gasteiger partial charge in [-0.25, -0.2) is 4.79 Å². The van der Waals surface area contributed by atoms with Gasteiger partial charge in [-0.05, 0) is 19.1 Å². The van der Waals surface area contributed by atoms with E-state index in [4.69, 9.17) is 14.2 Å². The highest BCUT2D eigenvalue weighted by molar-refractivity contribution is 5.89. The Bertz CT molecular complexity index is 428. The van der Waals surface area contributed by atoms with E-state index in [1.54, 1.807) is 12.1 Å². The fourth-order valence-corrected chi connectivity index (χ4v) is 1.98. The molecular formula is C14H18O5. The second-order valence-corrected chi connectivity index (χ2v) is 4.63. The highest BCUT2D eigenvalue weighted by Crippen LogP contribution is 2.21. The molecule has 1 aliphatic rings. The zero-order valence-corrected chi connectivity index (χ0v) is 11.0. The van der Waals surface area contributed by atoms with E-state index in [9.17, 15) is 9.90 Å². The van der Waals surface area contributed by atoms with Crippen molar-refractivity contribution in [2.24, 2.45) is 0 Å². The van der Waals surface area contributed by atoms with Crippen molar-refractivity contribution in [2.45, 2.75) is 31.8 Å². The average Bonchev–Trinajstić information content (AvgIpc) is 2.77. The number of aliphatic hydroxyl groups excluding tert-OH is 1. The topological polar surface area (TPSA) is 65.0 Å². The second kappa shape index (κ2) is 6.14. The van der Waals surface area contributed by atoms with Crippen LogP contribution < -0.4 is 0 Å². The van der Waals surface area contributed by atoms with Gasteiger partial charge in [0.15, 0.2) is 6.29 Å². The van der Waals surface area contributed by atoms with Gasteiger partial charge in [0.25, 0.3) is 0 Å². The van der Waals surface area contributed by atoms with Crippen molar-refractivity contribution in [3.63, 3.8) is 0 Å². The molecule has 104 valence electrons. The molecule has 0 radical (unpaired) electrons. The van der Waals surface area contributed by atoms with E-state index in [0.717, 1.165) is 5.56 Å². The van der Waals surface area contributed by atoms with Crippen LogP contribution in [0, 0.1) is 6.92 Å². The minimum Gasteiger partial charge on any atom is -0.459 e. The Morgan fingerprint density at radius 1 is 1.42 bits per heavy atom. The molecule has 5 heteroatoms. The standard InChI is InChI=1S/C14H18O5/c1-9-3-5-10(6-4-9)13(16)18-8-11-7-12(15)14(17-2)19-11/h3-6,11-12,14-15H,7-8H2,1-2H3/t11-,12+,14+/m0/s1. The first-order valence-corrected chi connectivity index (χ1v) is 6.20. The van der Waals surface area contributed by atoms with E-state index < -0.39 is 12.4 Å². The summed E-state index contributed by atoms with van der Waals surface area (Å²) in [7, 11) is 1.47. The van der Waals surface area contributed by atoms with Crippen molar-refractivity contribution in [3.8, 4) is 0 Å². The first-order chi connectivity index (χ1) is 9.10. The number of carbonyl (C=O) groups is 1. The Balaban J connectivity index is 1.83. The van der Waals surface area contributed by atoms with Crippen LogP contribution in [0.4, 0.5) is 0 Å². The van der Waals surface area contributed by atoms with E-state index in [2.05, 4.69) is 0 Å². The molecule has 1 aliphatic heterocycles. The monoisotopic (exact) mass is 266 g/mol. The molecule has 0 aliphatic carbocycles. The van der Waals surface area contributed by atoms with Gasteiger partial charge in [-0.3, -0.25) is 0 Å². The van der Waals surface area contributed by atoms with Crippen molar-refractivity contribution in [1.29, 1.82) is 0 Å². The number of aliphatic hydroxyl groups is 1. The summed E-state index contributed by atoms with van der Waals surface area (Å²) in [5.41, 5.74) is 1.59. The van der Waals surface area contributed by atoms with Crippen LogP contribution in [0.25, 0.3) is 0 Å². The van der Waals surface area contributed by atoms with Crippen LogP contribution in [-0.4, -0.2) is 43.3 Å². The van der Waals surface area contributed by atoms with Crippen LogP contribution in [0.15, 0.2) is 24.3 Å². The van der Waals surface area contributed by atoms with Gasteiger partial charge in [-0.2, -0.15) is 0 Å². The number of hydrogen-bond acceptors (Lipinski definition) is 5. The largest absolute Gasteiger partial charge is 0.459 e. The van der Waals surface area contributed by atoms with Gasteiger partial charge >= 0.3 is 5.97 Å². The van der Waals surface area contributed by atoms with Crippen LogP contribution in [0.3, 0.4) is 0 Å². The summed E-state index contributed by atoms with van der Waals surface area (Å²) in [6.45, 7) is 2.07. The maximum absolute atomic E-state index is 11.8. The normalized spacial score (nSPS) is 26.4. The minimum atomic E-state index is -0.673. The lowest BCUT2D eigenvalue weighted by Gasteiger charge is -2.13. The fourth-order valence-electron chi connectivity index (χ4n) is 1.98. The zero-order chi connectivity index (χ0) is 13.8. The summed E-state index contributed by atoms with van der Waals surface area (Å²) in [5, 5.41) is 9.58. The molecule has 5 nitrogen and oxygen atoms in total. The number of aryl methyl sites for hydroxylation is 1. The van der Waals surface area contributed by atoms with Crippen LogP contribution >= 0.6 is 0 Å². The molecule has 1 heterocycles. The van der Waals surface area contributed by atoms with Crippen molar-refractivity contribution in [3.05, 3.63) is 35.4 Å². The summed E-state index contributed by atoms with van der Waals surface area (Å²) < 4.78 is 15.5. The third-order valence-corrected chi connectivity index (χ3v) is 3.07. The van der Waals surface area contributed by atoms with Crippen LogP contribution in [0.1, 0.15) is 22.3 Å². The Kier molecular flexibility index (Phi) is 4.52. The second-order valence-electron chi connectivity index (χ2n) is 4.63. The molecular weight excluding hydrogens is 248 g/mol. The summed E-state index contributed by atoms with van der Waals surface area (Å²) in [5.74, 6) is -0.390. The zero-order valence-electron chi connectivity index (χ0n) is 11.0. The minimum absolute atomic E-state index is 0.115. The molecule has 0 bridgehead atoms. The van der Waals surface area contributed by atoms with Gasteiger partial charge in [0, 0.05) is 13.5 Å². The number of ether oxygens (including phenoxy) is 3. The highest BCUT2D eigenvalue weighted by atomic mass is 16.7. The van der Waals surface area contributed by atoms with Crippen molar-refractivity contribution < 1.29 is 24.1 Å². The highest BCUT2D eigenvalue weighted by Gasteiger charge is 2.34.